The predicted octanol–water partition coefficient (Wildman–Crippen LogP) is 3.56. The van der Waals surface area contributed by atoms with Gasteiger partial charge in [0.15, 0.2) is 0 Å². The molecule has 0 aliphatic heterocycles. The van der Waals surface area contributed by atoms with E-state index in [1.165, 1.54) is 12.8 Å². The smallest absolute Gasteiger partial charge is 0.410 e. The summed E-state index contributed by atoms with van der Waals surface area (Å²) in [4.78, 5) is 14.0. The summed E-state index contributed by atoms with van der Waals surface area (Å²) in [7, 11) is 1.83. The molecule has 4 heteroatoms. The van der Waals surface area contributed by atoms with Crippen LogP contribution in [0.5, 0.6) is 0 Å². The monoisotopic (exact) mass is 291 g/mol. The van der Waals surface area contributed by atoms with Gasteiger partial charge in [0.2, 0.25) is 0 Å². The lowest BCUT2D eigenvalue weighted by Crippen LogP contribution is -2.46. The van der Waals surface area contributed by atoms with Gasteiger partial charge in [-0.15, -0.1) is 0 Å². The molecule has 1 aliphatic carbocycles. The van der Waals surface area contributed by atoms with E-state index in [1.54, 1.807) is 4.90 Å². The first-order valence-corrected chi connectivity index (χ1v) is 6.83. The maximum atomic E-state index is 11.9. The van der Waals surface area contributed by atoms with Crippen molar-refractivity contribution in [1.82, 2.24) is 4.90 Å². The van der Waals surface area contributed by atoms with Crippen LogP contribution >= 0.6 is 15.9 Å². The van der Waals surface area contributed by atoms with Gasteiger partial charge in [-0.25, -0.2) is 4.79 Å². The summed E-state index contributed by atoms with van der Waals surface area (Å²) < 4.78 is 5.37. The van der Waals surface area contributed by atoms with Crippen molar-refractivity contribution in [3.05, 3.63) is 0 Å². The molecule has 0 saturated heterocycles. The predicted molar refractivity (Wildman–Crippen MR) is 69.0 cm³/mol. The molecule has 0 aromatic carbocycles. The Bertz CT molecular complexity index is 250. The highest BCUT2D eigenvalue weighted by Crippen LogP contribution is 2.28. The van der Waals surface area contributed by atoms with Gasteiger partial charge >= 0.3 is 6.09 Å². The first-order valence-electron chi connectivity index (χ1n) is 5.91. The SMILES string of the molecule is CN(C(=O)OC(C)(C)C)C1CCCCC1Br. The molecule has 2 atom stereocenters. The molecule has 0 N–H and O–H groups in total. The van der Waals surface area contributed by atoms with Crippen LogP contribution in [-0.2, 0) is 4.74 Å². The van der Waals surface area contributed by atoms with Gasteiger partial charge in [-0.3, -0.25) is 0 Å². The molecule has 0 aromatic heterocycles. The fraction of sp³-hybridized carbons (Fsp3) is 0.917. The number of rotatable bonds is 1. The third-order valence-electron chi connectivity index (χ3n) is 2.83. The minimum absolute atomic E-state index is 0.219. The van der Waals surface area contributed by atoms with E-state index < -0.39 is 5.60 Å². The lowest BCUT2D eigenvalue weighted by Gasteiger charge is -2.36. The van der Waals surface area contributed by atoms with Crippen molar-refractivity contribution in [1.29, 1.82) is 0 Å². The van der Waals surface area contributed by atoms with E-state index in [4.69, 9.17) is 4.74 Å². The van der Waals surface area contributed by atoms with Crippen LogP contribution in [-0.4, -0.2) is 34.5 Å². The van der Waals surface area contributed by atoms with Gasteiger partial charge < -0.3 is 9.64 Å². The Morgan fingerprint density at radius 2 is 1.88 bits per heavy atom. The molecule has 1 aliphatic rings. The van der Waals surface area contributed by atoms with Crippen LogP contribution in [0, 0.1) is 0 Å². The Hall–Kier alpha value is -0.250. The number of nitrogens with zero attached hydrogens (tertiary/aromatic N) is 1. The van der Waals surface area contributed by atoms with Crippen molar-refractivity contribution in [2.45, 2.75) is 62.9 Å². The zero-order chi connectivity index (χ0) is 12.3. The Kier molecular flexibility index (Phi) is 4.65. The molecule has 1 saturated carbocycles. The van der Waals surface area contributed by atoms with Crippen LogP contribution in [0.2, 0.25) is 0 Å². The minimum atomic E-state index is -0.415. The highest BCUT2D eigenvalue weighted by molar-refractivity contribution is 9.09. The summed E-state index contributed by atoms with van der Waals surface area (Å²) in [6.45, 7) is 5.68. The van der Waals surface area contributed by atoms with Crippen molar-refractivity contribution in [2.24, 2.45) is 0 Å². The molecule has 0 heterocycles. The number of ether oxygens (including phenoxy) is 1. The van der Waals surface area contributed by atoms with Crippen LogP contribution in [0.15, 0.2) is 0 Å². The Morgan fingerprint density at radius 1 is 1.31 bits per heavy atom. The molecular formula is C12H22BrNO2. The minimum Gasteiger partial charge on any atom is -0.444 e. The normalized spacial score (nSPS) is 26.3. The largest absolute Gasteiger partial charge is 0.444 e. The Balaban J connectivity index is 2.55. The van der Waals surface area contributed by atoms with Gasteiger partial charge in [0.05, 0.1) is 0 Å². The molecule has 0 radical (unpaired) electrons. The second-order valence-electron chi connectivity index (χ2n) is 5.46. The van der Waals surface area contributed by atoms with E-state index in [-0.39, 0.29) is 12.1 Å². The third kappa shape index (κ3) is 3.96. The van der Waals surface area contributed by atoms with E-state index in [9.17, 15) is 4.79 Å². The lowest BCUT2D eigenvalue weighted by molar-refractivity contribution is 0.0197. The summed E-state index contributed by atoms with van der Waals surface area (Å²) in [6.07, 6.45) is 4.42. The van der Waals surface area contributed by atoms with Crippen molar-refractivity contribution in [3.63, 3.8) is 0 Å². The van der Waals surface area contributed by atoms with Crippen LogP contribution < -0.4 is 0 Å². The maximum absolute atomic E-state index is 11.9. The van der Waals surface area contributed by atoms with Gasteiger partial charge in [-0.1, -0.05) is 28.8 Å². The van der Waals surface area contributed by atoms with Crippen molar-refractivity contribution < 1.29 is 9.53 Å². The first kappa shape index (κ1) is 13.8. The highest BCUT2D eigenvalue weighted by Gasteiger charge is 2.31. The molecule has 0 spiro atoms. The van der Waals surface area contributed by atoms with Crippen molar-refractivity contribution in [2.75, 3.05) is 7.05 Å². The number of halogens is 1. The van der Waals surface area contributed by atoms with Gasteiger partial charge in [-0.2, -0.15) is 0 Å². The van der Waals surface area contributed by atoms with Crippen LogP contribution in [0.3, 0.4) is 0 Å². The van der Waals surface area contributed by atoms with E-state index in [0.29, 0.717) is 4.83 Å². The molecule has 2 unspecified atom stereocenters. The molecule has 0 aromatic rings. The molecule has 16 heavy (non-hydrogen) atoms. The molecular weight excluding hydrogens is 270 g/mol. The van der Waals surface area contributed by atoms with Crippen molar-refractivity contribution >= 4 is 22.0 Å². The Labute approximate surface area is 107 Å². The number of carbonyl (C=O) groups excluding carboxylic acids is 1. The quantitative estimate of drug-likeness (QED) is 0.692. The number of alkyl halides is 1. The zero-order valence-corrected chi connectivity index (χ0v) is 12.2. The molecule has 1 rings (SSSR count). The lowest BCUT2D eigenvalue weighted by atomic mass is 9.94. The Morgan fingerprint density at radius 3 is 2.38 bits per heavy atom. The van der Waals surface area contributed by atoms with E-state index in [2.05, 4.69) is 15.9 Å². The number of amides is 1. The average Bonchev–Trinajstić information content (AvgIpc) is 2.15. The number of hydrogen-bond donors (Lipinski definition) is 0. The third-order valence-corrected chi connectivity index (χ3v) is 3.89. The molecule has 1 fully saturated rings. The standard InChI is InChI=1S/C12H22BrNO2/c1-12(2,3)16-11(15)14(4)10-8-6-5-7-9(10)13/h9-10H,5-8H2,1-4H3. The van der Waals surface area contributed by atoms with Gasteiger partial charge in [0.25, 0.3) is 0 Å². The topological polar surface area (TPSA) is 29.5 Å². The summed E-state index contributed by atoms with van der Waals surface area (Å²) in [5.74, 6) is 0. The highest BCUT2D eigenvalue weighted by atomic mass is 79.9. The van der Waals surface area contributed by atoms with Gasteiger partial charge in [0, 0.05) is 17.9 Å². The number of hydrogen-bond acceptors (Lipinski definition) is 2. The maximum Gasteiger partial charge on any atom is 0.410 e. The molecule has 3 nitrogen and oxygen atoms in total. The fourth-order valence-corrected chi connectivity index (χ4v) is 2.91. The van der Waals surface area contributed by atoms with E-state index in [1.807, 2.05) is 27.8 Å². The molecule has 1 amide bonds. The average molecular weight is 292 g/mol. The summed E-state index contributed by atoms with van der Waals surface area (Å²) in [5.41, 5.74) is -0.415. The van der Waals surface area contributed by atoms with Crippen LogP contribution in [0.25, 0.3) is 0 Å². The summed E-state index contributed by atoms with van der Waals surface area (Å²) in [5, 5.41) is 0. The van der Waals surface area contributed by atoms with E-state index >= 15 is 0 Å². The van der Waals surface area contributed by atoms with Gasteiger partial charge in [-0.05, 0) is 33.6 Å². The second-order valence-corrected chi connectivity index (χ2v) is 6.64. The number of carbonyl (C=O) groups is 1. The second kappa shape index (κ2) is 5.39. The van der Waals surface area contributed by atoms with E-state index in [0.717, 1.165) is 12.8 Å². The van der Waals surface area contributed by atoms with Crippen molar-refractivity contribution in [3.8, 4) is 0 Å². The van der Waals surface area contributed by atoms with Crippen LogP contribution in [0.4, 0.5) is 4.79 Å². The molecule has 0 bridgehead atoms. The summed E-state index contributed by atoms with van der Waals surface area (Å²) in [6, 6.07) is 0.267. The fourth-order valence-electron chi connectivity index (χ4n) is 1.97. The summed E-state index contributed by atoms with van der Waals surface area (Å²) >= 11 is 3.65. The zero-order valence-electron chi connectivity index (χ0n) is 10.6. The first-order chi connectivity index (χ1) is 7.31. The van der Waals surface area contributed by atoms with Crippen LogP contribution in [0.1, 0.15) is 46.5 Å². The molecule has 94 valence electrons. The van der Waals surface area contributed by atoms with Gasteiger partial charge in [0.1, 0.15) is 5.60 Å².